The Balaban J connectivity index is 1.60. The summed E-state index contributed by atoms with van der Waals surface area (Å²) in [7, 11) is 0. The second-order valence-corrected chi connectivity index (χ2v) is 5.66. The van der Waals surface area contributed by atoms with Gasteiger partial charge >= 0.3 is 0 Å². The topological polar surface area (TPSA) is 68.0 Å². The highest BCUT2D eigenvalue weighted by molar-refractivity contribution is 6.30. The largest absolute Gasteiger partial charge is 0.347 e. The molecule has 0 saturated carbocycles. The molecule has 6 heteroatoms. The summed E-state index contributed by atoms with van der Waals surface area (Å²) >= 11 is 5.94. The van der Waals surface area contributed by atoms with Gasteiger partial charge in [0, 0.05) is 16.5 Å². The molecule has 0 saturated heterocycles. The van der Waals surface area contributed by atoms with E-state index in [1.165, 1.54) is 0 Å². The van der Waals surface area contributed by atoms with Crippen molar-refractivity contribution < 1.29 is 9.32 Å². The van der Waals surface area contributed by atoms with Gasteiger partial charge in [0.15, 0.2) is 0 Å². The van der Waals surface area contributed by atoms with E-state index in [-0.39, 0.29) is 18.4 Å². The van der Waals surface area contributed by atoms with Crippen molar-refractivity contribution in [1.29, 1.82) is 0 Å². The molecule has 0 radical (unpaired) electrons. The van der Waals surface area contributed by atoms with Gasteiger partial charge in [-0.15, -0.1) is 0 Å². The molecule has 1 aromatic heterocycles. The lowest BCUT2D eigenvalue weighted by Gasteiger charge is -2.16. The van der Waals surface area contributed by atoms with E-state index < -0.39 is 0 Å². The van der Waals surface area contributed by atoms with E-state index in [1.807, 2.05) is 12.1 Å². The maximum atomic E-state index is 12.0. The first-order valence-corrected chi connectivity index (χ1v) is 7.61. The van der Waals surface area contributed by atoms with Crippen molar-refractivity contribution in [2.45, 2.75) is 25.8 Å². The molecule has 3 rings (SSSR count). The maximum Gasteiger partial charge on any atom is 0.246 e. The lowest BCUT2D eigenvalue weighted by Crippen LogP contribution is -2.30. The van der Waals surface area contributed by atoms with E-state index in [0.717, 1.165) is 24.8 Å². The fourth-order valence-corrected chi connectivity index (χ4v) is 2.60. The zero-order valence-corrected chi connectivity index (χ0v) is 12.7. The zero-order valence-electron chi connectivity index (χ0n) is 12.0. The quantitative estimate of drug-likeness (QED) is 0.878. The Morgan fingerprint density at radius 1 is 1.41 bits per heavy atom. The van der Waals surface area contributed by atoms with Crippen LogP contribution in [-0.4, -0.2) is 16.0 Å². The Labute approximate surface area is 133 Å². The molecular weight excluding hydrogens is 302 g/mol. The van der Waals surface area contributed by atoms with Gasteiger partial charge in [-0.25, -0.2) is 0 Å². The van der Waals surface area contributed by atoms with Crippen LogP contribution in [0.3, 0.4) is 0 Å². The third-order valence-electron chi connectivity index (χ3n) is 3.60. The Hall–Kier alpha value is -2.14. The minimum atomic E-state index is 0.0341. The average Bonchev–Trinajstić information content (AvgIpc) is 3.02. The summed E-state index contributed by atoms with van der Waals surface area (Å²) in [6, 6.07) is 7.23. The van der Waals surface area contributed by atoms with Crippen molar-refractivity contribution in [3.8, 4) is 11.4 Å². The second-order valence-electron chi connectivity index (χ2n) is 5.22. The predicted molar refractivity (Wildman–Crippen MR) is 83.1 cm³/mol. The first-order chi connectivity index (χ1) is 10.7. The van der Waals surface area contributed by atoms with Gasteiger partial charge in [0.05, 0.1) is 6.54 Å². The summed E-state index contributed by atoms with van der Waals surface area (Å²) in [6.07, 6.45) is 6.80. The summed E-state index contributed by atoms with van der Waals surface area (Å²) in [5.74, 6) is 0.925. The smallest absolute Gasteiger partial charge is 0.246 e. The van der Waals surface area contributed by atoms with Crippen molar-refractivity contribution in [3.63, 3.8) is 0 Å². The number of aromatic nitrogens is 2. The number of carbonyl (C=O) groups is 1. The van der Waals surface area contributed by atoms with Gasteiger partial charge in [-0.1, -0.05) is 41.0 Å². The molecule has 114 valence electrons. The number of benzene rings is 1. The number of rotatable bonds is 4. The summed E-state index contributed by atoms with van der Waals surface area (Å²) in [4.78, 5) is 16.3. The van der Waals surface area contributed by atoms with Crippen LogP contribution in [-0.2, 0) is 11.3 Å². The van der Waals surface area contributed by atoms with E-state index in [0.29, 0.717) is 16.7 Å². The Kier molecular flexibility index (Phi) is 4.53. The molecule has 1 atom stereocenters. The first kappa shape index (κ1) is 14.8. The molecule has 1 aliphatic carbocycles. The fourth-order valence-electron chi connectivity index (χ4n) is 2.41. The van der Waals surface area contributed by atoms with Crippen LogP contribution in [0.25, 0.3) is 11.4 Å². The Morgan fingerprint density at radius 2 is 2.32 bits per heavy atom. The van der Waals surface area contributed by atoms with Crippen molar-refractivity contribution in [2.75, 3.05) is 0 Å². The van der Waals surface area contributed by atoms with Crippen LogP contribution in [0, 0.1) is 5.92 Å². The van der Waals surface area contributed by atoms with Crippen molar-refractivity contribution in [2.24, 2.45) is 5.92 Å². The molecule has 1 unspecified atom stereocenters. The molecule has 2 aromatic rings. The minimum absolute atomic E-state index is 0.0341. The number of halogens is 1. The van der Waals surface area contributed by atoms with Gasteiger partial charge in [0.25, 0.3) is 0 Å². The molecule has 1 N–H and O–H groups in total. The normalized spacial score (nSPS) is 17.4. The number of nitrogens with one attached hydrogen (secondary N) is 1. The Bertz CT molecular complexity index is 696. The van der Waals surface area contributed by atoms with E-state index in [4.69, 9.17) is 16.1 Å². The fraction of sp³-hybridized carbons (Fsp3) is 0.312. The predicted octanol–water partition coefficient (Wildman–Crippen LogP) is 3.36. The molecule has 0 spiro atoms. The van der Waals surface area contributed by atoms with Gasteiger partial charge in [0.2, 0.25) is 17.6 Å². The van der Waals surface area contributed by atoms with Gasteiger partial charge < -0.3 is 9.84 Å². The minimum Gasteiger partial charge on any atom is -0.347 e. The second kappa shape index (κ2) is 6.75. The number of hydrogen-bond donors (Lipinski definition) is 1. The highest BCUT2D eigenvalue weighted by Gasteiger charge is 2.19. The van der Waals surface area contributed by atoms with Crippen molar-refractivity contribution >= 4 is 17.5 Å². The van der Waals surface area contributed by atoms with Crippen LogP contribution in [0.15, 0.2) is 40.9 Å². The molecule has 0 bridgehead atoms. The van der Waals surface area contributed by atoms with Gasteiger partial charge in [-0.2, -0.15) is 4.98 Å². The molecule has 1 aromatic carbocycles. The van der Waals surface area contributed by atoms with Crippen molar-refractivity contribution in [3.05, 3.63) is 47.3 Å². The van der Waals surface area contributed by atoms with Gasteiger partial charge in [-0.05, 0) is 31.4 Å². The number of carbonyl (C=O) groups excluding carboxylic acids is 1. The van der Waals surface area contributed by atoms with Crippen LogP contribution in [0.4, 0.5) is 0 Å². The lowest BCUT2D eigenvalue weighted by molar-refractivity contribution is -0.125. The molecule has 1 amide bonds. The van der Waals surface area contributed by atoms with Crippen LogP contribution in [0.2, 0.25) is 5.02 Å². The molecular formula is C16H16ClN3O2. The summed E-state index contributed by atoms with van der Waals surface area (Å²) in [5, 5.41) is 7.37. The summed E-state index contributed by atoms with van der Waals surface area (Å²) < 4.78 is 5.16. The lowest BCUT2D eigenvalue weighted by atomic mass is 9.94. The first-order valence-electron chi connectivity index (χ1n) is 7.23. The number of hydrogen-bond acceptors (Lipinski definition) is 4. The third-order valence-corrected chi connectivity index (χ3v) is 3.84. The van der Waals surface area contributed by atoms with Crippen LogP contribution >= 0.6 is 11.6 Å². The summed E-state index contributed by atoms with van der Waals surface area (Å²) in [5.41, 5.74) is 0.784. The number of nitrogens with zero attached hydrogens (tertiary/aromatic N) is 2. The highest BCUT2D eigenvalue weighted by Crippen LogP contribution is 2.20. The molecule has 22 heavy (non-hydrogen) atoms. The summed E-state index contributed by atoms with van der Waals surface area (Å²) in [6.45, 7) is 0.243. The zero-order chi connectivity index (χ0) is 15.4. The van der Waals surface area contributed by atoms with E-state index in [9.17, 15) is 4.79 Å². The number of allylic oxidation sites excluding steroid dienone is 2. The molecule has 0 fully saturated rings. The van der Waals surface area contributed by atoms with E-state index in [1.54, 1.807) is 12.1 Å². The SMILES string of the molecule is O=C(NCc1nc(-c2cccc(Cl)c2)no1)C1CC=CCC1. The number of amides is 1. The molecule has 5 nitrogen and oxygen atoms in total. The van der Waals surface area contributed by atoms with Crippen LogP contribution in [0.1, 0.15) is 25.2 Å². The Morgan fingerprint density at radius 3 is 3.09 bits per heavy atom. The van der Waals surface area contributed by atoms with Gasteiger partial charge in [0.1, 0.15) is 0 Å². The van der Waals surface area contributed by atoms with E-state index >= 15 is 0 Å². The van der Waals surface area contributed by atoms with Gasteiger partial charge in [-0.3, -0.25) is 4.79 Å². The molecule has 0 aliphatic heterocycles. The highest BCUT2D eigenvalue weighted by atomic mass is 35.5. The third kappa shape index (κ3) is 3.54. The van der Waals surface area contributed by atoms with Crippen molar-refractivity contribution in [1.82, 2.24) is 15.5 Å². The average molecular weight is 318 g/mol. The van der Waals surface area contributed by atoms with Crippen LogP contribution < -0.4 is 5.32 Å². The van der Waals surface area contributed by atoms with E-state index in [2.05, 4.69) is 27.6 Å². The molecule has 1 aliphatic rings. The molecule has 1 heterocycles. The van der Waals surface area contributed by atoms with Crippen LogP contribution in [0.5, 0.6) is 0 Å². The monoisotopic (exact) mass is 317 g/mol. The maximum absolute atomic E-state index is 12.0. The standard InChI is InChI=1S/C16H16ClN3O2/c17-13-8-4-7-12(9-13)15-19-14(22-20-15)10-18-16(21)11-5-2-1-3-6-11/h1-2,4,7-9,11H,3,5-6,10H2,(H,18,21).